The molecule has 0 aromatic heterocycles. The van der Waals surface area contributed by atoms with Crippen molar-refractivity contribution in [1.29, 1.82) is 0 Å². The van der Waals surface area contributed by atoms with Gasteiger partial charge in [0.1, 0.15) is 0 Å². The van der Waals surface area contributed by atoms with Crippen LogP contribution in [0.1, 0.15) is 30.0 Å². The van der Waals surface area contributed by atoms with Crippen LogP contribution >= 0.6 is 11.6 Å². The van der Waals surface area contributed by atoms with Gasteiger partial charge in [-0.3, -0.25) is 9.69 Å². The van der Waals surface area contributed by atoms with E-state index in [1.54, 1.807) is 12.1 Å². The van der Waals surface area contributed by atoms with Crippen LogP contribution in [0.25, 0.3) is 0 Å². The zero-order chi connectivity index (χ0) is 25.8. The lowest BCUT2D eigenvalue weighted by Crippen LogP contribution is -2.53. The van der Waals surface area contributed by atoms with Gasteiger partial charge >= 0.3 is 0 Å². The van der Waals surface area contributed by atoms with E-state index in [4.69, 9.17) is 11.6 Å². The van der Waals surface area contributed by atoms with Gasteiger partial charge < -0.3 is 4.90 Å². The Morgan fingerprint density at radius 2 is 1.35 bits per heavy atom. The average molecular weight is 538 g/mol. The van der Waals surface area contributed by atoms with E-state index in [1.165, 1.54) is 27.6 Å². The van der Waals surface area contributed by atoms with Crippen LogP contribution in [0, 0.1) is 5.92 Å². The number of halogens is 1. The number of benzene rings is 3. The van der Waals surface area contributed by atoms with E-state index in [9.17, 15) is 13.2 Å². The number of hydrogen-bond donors (Lipinski definition) is 0. The van der Waals surface area contributed by atoms with Gasteiger partial charge in [-0.25, -0.2) is 8.42 Å². The lowest BCUT2D eigenvalue weighted by Gasteiger charge is -2.41. The summed E-state index contributed by atoms with van der Waals surface area (Å²) in [6, 6.07) is 27.3. The molecule has 2 fully saturated rings. The second kappa shape index (κ2) is 11.4. The molecule has 2 saturated heterocycles. The standard InChI is InChI=1S/C29H32ClN3O3S/c30-26-13-15-27(16-14-26)37(35,36)33-17-7-12-25(22-33)29(34)32-20-18-31(19-21-32)28(23-8-3-1-4-9-23)24-10-5-2-6-11-24/h1-6,8-11,13-16,25,28H,7,12,17-22H2/t25-/m1/s1. The molecule has 2 heterocycles. The Kier molecular flexibility index (Phi) is 7.95. The van der Waals surface area contributed by atoms with Gasteiger partial charge in [-0.15, -0.1) is 0 Å². The van der Waals surface area contributed by atoms with Crippen LogP contribution in [0.2, 0.25) is 5.02 Å². The minimum Gasteiger partial charge on any atom is -0.340 e. The van der Waals surface area contributed by atoms with Crippen LogP contribution < -0.4 is 0 Å². The molecule has 0 radical (unpaired) electrons. The first-order valence-corrected chi connectivity index (χ1v) is 14.6. The summed E-state index contributed by atoms with van der Waals surface area (Å²) in [5.74, 6) is -0.256. The minimum absolute atomic E-state index is 0.0617. The van der Waals surface area contributed by atoms with E-state index >= 15 is 0 Å². The number of nitrogens with zero attached hydrogens (tertiary/aromatic N) is 3. The highest BCUT2D eigenvalue weighted by atomic mass is 35.5. The van der Waals surface area contributed by atoms with Crippen LogP contribution in [0.4, 0.5) is 0 Å². The molecule has 1 atom stereocenters. The van der Waals surface area contributed by atoms with Gasteiger partial charge in [-0.1, -0.05) is 72.3 Å². The molecular weight excluding hydrogens is 506 g/mol. The molecule has 2 aliphatic heterocycles. The molecule has 0 saturated carbocycles. The Bertz CT molecular complexity index is 1260. The molecule has 3 aromatic rings. The van der Waals surface area contributed by atoms with Crippen LogP contribution in [0.15, 0.2) is 89.8 Å². The maximum atomic E-state index is 13.5. The van der Waals surface area contributed by atoms with Crippen LogP contribution in [-0.4, -0.2) is 67.7 Å². The van der Waals surface area contributed by atoms with Gasteiger partial charge in [0.25, 0.3) is 0 Å². The summed E-state index contributed by atoms with van der Waals surface area (Å²) in [5.41, 5.74) is 2.48. The topological polar surface area (TPSA) is 60.9 Å². The molecule has 1 amide bonds. The summed E-state index contributed by atoms with van der Waals surface area (Å²) in [5, 5.41) is 0.492. The van der Waals surface area contributed by atoms with Crippen molar-refractivity contribution >= 4 is 27.5 Å². The van der Waals surface area contributed by atoms with Gasteiger partial charge in [-0.05, 0) is 48.2 Å². The maximum Gasteiger partial charge on any atom is 0.243 e. The molecule has 8 heteroatoms. The van der Waals surface area contributed by atoms with Crippen molar-refractivity contribution in [3.05, 3.63) is 101 Å². The van der Waals surface area contributed by atoms with Crippen LogP contribution in [-0.2, 0) is 14.8 Å². The molecule has 3 aromatic carbocycles. The number of carbonyl (C=O) groups is 1. The lowest BCUT2D eigenvalue weighted by atomic mass is 9.95. The first kappa shape index (κ1) is 25.9. The summed E-state index contributed by atoms with van der Waals surface area (Å²) in [4.78, 5) is 18.1. The highest BCUT2D eigenvalue weighted by Gasteiger charge is 2.36. The third kappa shape index (κ3) is 5.75. The third-order valence-electron chi connectivity index (χ3n) is 7.41. The van der Waals surface area contributed by atoms with Crippen molar-refractivity contribution in [3.63, 3.8) is 0 Å². The number of carbonyl (C=O) groups excluding carboxylic acids is 1. The zero-order valence-corrected chi connectivity index (χ0v) is 22.3. The second-order valence-electron chi connectivity index (χ2n) is 9.74. The third-order valence-corrected chi connectivity index (χ3v) is 9.54. The van der Waals surface area contributed by atoms with Crippen molar-refractivity contribution in [3.8, 4) is 0 Å². The molecule has 194 valence electrons. The van der Waals surface area contributed by atoms with E-state index < -0.39 is 10.0 Å². The smallest absolute Gasteiger partial charge is 0.243 e. The number of rotatable bonds is 6. The Morgan fingerprint density at radius 1 is 0.784 bits per heavy atom. The van der Waals surface area contributed by atoms with Crippen molar-refractivity contribution in [2.75, 3.05) is 39.3 Å². The Hall–Kier alpha value is -2.71. The maximum absolute atomic E-state index is 13.5. The monoisotopic (exact) mass is 537 g/mol. The molecule has 0 spiro atoms. The van der Waals surface area contributed by atoms with Crippen molar-refractivity contribution < 1.29 is 13.2 Å². The number of hydrogen-bond acceptors (Lipinski definition) is 4. The number of piperazine rings is 1. The summed E-state index contributed by atoms with van der Waals surface area (Å²) in [6.07, 6.45) is 1.38. The molecule has 5 rings (SSSR count). The Morgan fingerprint density at radius 3 is 1.92 bits per heavy atom. The van der Waals surface area contributed by atoms with Gasteiger partial charge in [0.15, 0.2) is 0 Å². The summed E-state index contributed by atoms with van der Waals surface area (Å²) < 4.78 is 27.8. The lowest BCUT2D eigenvalue weighted by molar-refractivity contribution is -0.138. The summed E-state index contributed by atoms with van der Waals surface area (Å²) in [7, 11) is -3.66. The molecule has 6 nitrogen and oxygen atoms in total. The van der Waals surface area contributed by atoms with Gasteiger partial charge in [0.2, 0.25) is 15.9 Å². The molecule has 0 N–H and O–H groups in total. The molecular formula is C29H32ClN3O3S. The first-order valence-electron chi connectivity index (χ1n) is 12.8. The SMILES string of the molecule is O=C([C@@H]1CCCN(S(=O)(=O)c2ccc(Cl)cc2)C1)N1CCN(C(c2ccccc2)c2ccccc2)CC1. The van der Waals surface area contributed by atoms with Crippen molar-refractivity contribution in [2.45, 2.75) is 23.8 Å². The van der Waals surface area contributed by atoms with Crippen molar-refractivity contribution in [2.24, 2.45) is 5.92 Å². The Labute approximate surface area is 224 Å². The van der Waals surface area contributed by atoms with E-state index in [-0.39, 0.29) is 29.3 Å². The molecule has 37 heavy (non-hydrogen) atoms. The predicted molar refractivity (Wildman–Crippen MR) is 146 cm³/mol. The normalized spacial score (nSPS) is 19.7. The van der Waals surface area contributed by atoms with E-state index in [0.29, 0.717) is 37.5 Å². The molecule has 2 aliphatic rings. The largest absolute Gasteiger partial charge is 0.340 e. The van der Waals surface area contributed by atoms with Gasteiger partial charge in [-0.2, -0.15) is 4.31 Å². The van der Waals surface area contributed by atoms with Crippen molar-refractivity contribution in [1.82, 2.24) is 14.1 Å². The highest BCUT2D eigenvalue weighted by Crippen LogP contribution is 2.31. The van der Waals surface area contributed by atoms with Crippen LogP contribution in [0.5, 0.6) is 0 Å². The zero-order valence-electron chi connectivity index (χ0n) is 20.7. The summed E-state index contributed by atoms with van der Waals surface area (Å²) >= 11 is 5.94. The molecule has 0 aliphatic carbocycles. The predicted octanol–water partition coefficient (Wildman–Crippen LogP) is 4.67. The quantitative estimate of drug-likeness (QED) is 0.458. The van der Waals surface area contributed by atoms with E-state index in [2.05, 4.69) is 53.4 Å². The highest BCUT2D eigenvalue weighted by molar-refractivity contribution is 7.89. The fourth-order valence-corrected chi connectivity index (χ4v) is 7.11. The minimum atomic E-state index is -3.66. The second-order valence-corrected chi connectivity index (χ2v) is 12.1. The summed E-state index contributed by atoms with van der Waals surface area (Å²) in [6.45, 7) is 3.45. The Balaban J connectivity index is 1.25. The molecule has 0 unspecified atom stereocenters. The van der Waals surface area contributed by atoms with Gasteiger partial charge in [0, 0.05) is 44.3 Å². The fourth-order valence-electron chi connectivity index (χ4n) is 5.46. The first-order chi connectivity index (χ1) is 17.9. The molecule has 0 bridgehead atoms. The van der Waals surface area contributed by atoms with Gasteiger partial charge in [0.05, 0.1) is 16.9 Å². The average Bonchev–Trinajstić information content (AvgIpc) is 2.95. The number of amides is 1. The van der Waals surface area contributed by atoms with Crippen LogP contribution in [0.3, 0.4) is 0 Å². The number of piperidine rings is 1. The van der Waals surface area contributed by atoms with E-state index in [0.717, 1.165) is 13.1 Å². The van der Waals surface area contributed by atoms with E-state index in [1.807, 2.05) is 17.0 Å². The fraction of sp³-hybridized carbons (Fsp3) is 0.345. The number of sulfonamides is 1.